The Morgan fingerprint density at radius 2 is 2.19 bits per heavy atom. The van der Waals surface area contributed by atoms with Gasteiger partial charge in [0.1, 0.15) is 11.6 Å². The average Bonchev–Trinajstić information content (AvgIpc) is 2.59. The third kappa shape index (κ3) is 3.97. The third-order valence-electron chi connectivity index (χ3n) is 2.62. The Morgan fingerprint density at radius 1 is 1.50 bits per heavy atom. The summed E-state index contributed by atoms with van der Waals surface area (Å²) >= 11 is 0. The minimum atomic E-state index is -0.383. The lowest BCUT2D eigenvalue weighted by molar-refractivity contribution is -0.160. The van der Waals surface area contributed by atoms with Crippen molar-refractivity contribution in [3.05, 3.63) is 12.2 Å². The van der Waals surface area contributed by atoms with Gasteiger partial charge in [0.05, 0.1) is 0 Å². The SMILES string of the molecule is C/C=C/CN1CCC[C@H]1C(=O)OC(C)(C)C. The lowest BCUT2D eigenvalue weighted by Crippen LogP contribution is -2.40. The fourth-order valence-electron chi connectivity index (χ4n) is 1.92. The molecule has 0 unspecified atom stereocenters. The quantitative estimate of drug-likeness (QED) is 0.545. The van der Waals surface area contributed by atoms with Crippen molar-refractivity contribution in [2.45, 2.75) is 52.2 Å². The molecule has 0 saturated carbocycles. The average molecular weight is 225 g/mol. The molecule has 0 radical (unpaired) electrons. The van der Waals surface area contributed by atoms with E-state index in [1.807, 2.05) is 33.8 Å². The van der Waals surface area contributed by atoms with E-state index >= 15 is 0 Å². The van der Waals surface area contributed by atoms with Gasteiger partial charge in [0, 0.05) is 6.54 Å². The minimum absolute atomic E-state index is 0.0459. The van der Waals surface area contributed by atoms with Crippen LogP contribution in [-0.2, 0) is 9.53 Å². The highest BCUT2D eigenvalue weighted by Gasteiger charge is 2.33. The standard InChI is InChI=1S/C13H23NO2/c1-5-6-9-14-10-7-8-11(14)12(15)16-13(2,3)4/h5-6,11H,7-10H2,1-4H3/b6-5+/t11-/m0/s1. The number of carbonyl (C=O) groups excluding carboxylic acids is 1. The molecular formula is C13H23NO2. The summed E-state index contributed by atoms with van der Waals surface area (Å²) < 4.78 is 5.43. The Morgan fingerprint density at radius 3 is 2.75 bits per heavy atom. The van der Waals surface area contributed by atoms with Gasteiger partial charge in [0.25, 0.3) is 0 Å². The smallest absolute Gasteiger partial charge is 0.323 e. The highest BCUT2D eigenvalue weighted by molar-refractivity contribution is 5.76. The van der Waals surface area contributed by atoms with Crippen LogP contribution in [0.15, 0.2) is 12.2 Å². The first-order valence-corrected chi connectivity index (χ1v) is 6.02. The predicted octanol–water partition coefficient (Wildman–Crippen LogP) is 2.37. The van der Waals surface area contributed by atoms with E-state index in [1.165, 1.54) is 0 Å². The summed E-state index contributed by atoms with van der Waals surface area (Å²) in [6.45, 7) is 9.58. The molecule has 1 aliphatic heterocycles. The number of hydrogen-bond acceptors (Lipinski definition) is 3. The molecule has 0 bridgehead atoms. The minimum Gasteiger partial charge on any atom is -0.459 e. The molecule has 1 saturated heterocycles. The first-order chi connectivity index (χ1) is 7.44. The Labute approximate surface area is 98.5 Å². The van der Waals surface area contributed by atoms with Crippen LogP contribution in [0.4, 0.5) is 0 Å². The van der Waals surface area contributed by atoms with E-state index in [9.17, 15) is 4.79 Å². The van der Waals surface area contributed by atoms with Crippen LogP contribution in [0.1, 0.15) is 40.5 Å². The molecule has 0 aliphatic carbocycles. The topological polar surface area (TPSA) is 29.5 Å². The van der Waals surface area contributed by atoms with E-state index in [4.69, 9.17) is 4.74 Å². The number of rotatable bonds is 3. The second kappa shape index (κ2) is 5.48. The highest BCUT2D eigenvalue weighted by atomic mass is 16.6. The molecule has 1 atom stereocenters. The van der Waals surface area contributed by atoms with Gasteiger partial charge < -0.3 is 4.74 Å². The van der Waals surface area contributed by atoms with Gasteiger partial charge in [0.2, 0.25) is 0 Å². The van der Waals surface area contributed by atoms with Crippen LogP contribution in [-0.4, -0.2) is 35.6 Å². The van der Waals surface area contributed by atoms with E-state index in [1.54, 1.807) is 0 Å². The molecule has 1 rings (SSSR count). The summed E-state index contributed by atoms with van der Waals surface area (Å²) in [5.41, 5.74) is -0.383. The van der Waals surface area contributed by atoms with Crippen LogP contribution < -0.4 is 0 Å². The summed E-state index contributed by atoms with van der Waals surface area (Å²) in [4.78, 5) is 14.1. The van der Waals surface area contributed by atoms with Gasteiger partial charge in [-0.3, -0.25) is 9.69 Å². The zero-order valence-electron chi connectivity index (χ0n) is 10.8. The van der Waals surface area contributed by atoms with Gasteiger partial charge in [-0.05, 0) is 47.1 Å². The second-order valence-electron chi connectivity index (χ2n) is 5.26. The number of esters is 1. The van der Waals surface area contributed by atoms with Crippen molar-refractivity contribution in [2.24, 2.45) is 0 Å². The van der Waals surface area contributed by atoms with E-state index in [0.717, 1.165) is 25.9 Å². The second-order valence-corrected chi connectivity index (χ2v) is 5.26. The van der Waals surface area contributed by atoms with Crippen LogP contribution in [0.25, 0.3) is 0 Å². The number of nitrogens with zero attached hydrogens (tertiary/aromatic N) is 1. The van der Waals surface area contributed by atoms with Gasteiger partial charge in [0.15, 0.2) is 0 Å². The predicted molar refractivity (Wildman–Crippen MR) is 65.3 cm³/mol. The van der Waals surface area contributed by atoms with E-state index in [2.05, 4.69) is 11.0 Å². The Balaban J connectivity index is 2.54. The van der Waals surface area contributed by atoms with E-state index in [0.29, 0.717) is 0 Å². The molecule has 1 heterocycles. The number of carbonyl (C=O) groups is 1. The number of allylic oxidation sites excluding steroid dienone is 1. The van der Waals surface area contributed by atoms with Crippen molar-refractivity contribution in [2.75, 3.05) is 13.1 Å². The Bertz CT molecular complexity index is 266. The number of likely N-dealkylation sites (tertiary alicyclic amines) is 1. The molecule has 16 heavy (non-hydrogen) atoms. The molecule has 0 amide bonds. The van der Waals surface area contributed by atoms with Gasteiger partial charge in [-0.15, -0.1) is 0 Å². The summed E-state index contributed by atoms with van der Waals surface area (Å²) in [5, 5.41) is 0. The van der Waals surface area contributed by atoms with Crippen LogP contribution in [0.3, 0.4) is 0 Å². The van der Waals surface area contributed by atoms with E-state index in [-0.39, 0.29) is 17.6 Å². The molecule has 0 spiro atoms. The molecular weight excluding hydrogens is 202 g/mol. The summed E-state index contributed by atoms with van der Waals surface area (Å²) in [5.74, 6) is -0.0745. The highest BCUT2D eigenvalue weighted by Crippen LogP contribution is 2.20. The van der Waals surface area contributed by atoms with Crippen molar-refractivity contribution in [3.63, 3.8) is 0 Å². The Kier molecular flexibility index (Phi) is 4.54. The van der Waals surface area contributed by atoms with Gasteiger partial charge >= 0.3 is 5.97 Å². The zero-order valence-corrected chi connectivity index (χ0v) is 10.8. The monoisotopic (exact) mass is 225 g/mol. The fourth-order valence-corrected chi connectivity index (χ4v) is 1.92. The number of hydrogen-bond donors (Lipinski definition) is 0. The maximum absolute atomic E-state index is 11.9. The zero-order chi connectivity index (χ0) is 12.2. The molecule has 1 aliphatic rings. The largest absolute Gasteiger partial charge is 0.459 e. The van der Waals surface area contributed by atoms with Crippen LogP contribution in [0.2, 0.25) is 0 Å². The van der Waals surface area contributed by atoms with Gasteiger partial charge in [-0.1, -0.05) is 12.2 Å². The number of ether oxygens (including phenoxy) is 1. The lowest BCUT2D eigenvalue weighted by atomic mass is 10.1. The molecule has 3 nitrogen and oxygen atoms in total. The Hall–Kier alpha value is -0.830. The summed E-state index contributed by atoms with van der Waals surface area (Å²) in [7, 11) is 0. The van der Waals surface area contributed by atoms with Crippen LogP contribution in [0.5, 0.6) is 0 Å². The van der Waals surface area contributed by atoms with Crippen LogP contribution in [0, 0.1) is 0 Å². The van der Waals surface area contributed by atoms with Crippen LogP contribution >= 0.6 is 0 Å². The maximum atomic E-state index is 11.9. The lowest BCUT2D eigenvalue weighted by Gasteiger charge is -2.26. The summed E-state index contributed by atoms with van der Waals surface area (Å²) in [6.07, 6.45) is 6.11. The van der Waals surface area contributed by atoms with Gasteiger partial charge in [-0.2, -0.15) is 0 Å². The third-order valence-corrected chi connectivity index (χ3v) is 2.62. The van der Waals surface area contributed by atoms with Crippen molar-refractivity contribution in [1.29, 1.82) is 0 Å². The van der Waals surface area contributed by atoms with Crippen molar-refractivity contribution in [1.82, 2.24) is 4.90 Å². The normalized spacial score (nSPS) is 22.9. The first-order valence-electron chi connectivity index (χ1n) is 6.02. The molecule has 0 N–H and O–H groups in total. The molecule has 0 aromatic rings. The van der Waals surface area contributed by atoms with Crippen molar-refractivity contribution < 1.29 is 9.53 Å². The van der Waals surface area contributed by atoms with Crippen molar-refractivity contribution >= 4 is 5.97 Å². The molecule has 0 aromatic heterocycles. The molecule has 3 heteroatoms. The molecule has 0 aromatic carbocycles. The summed E-state index contributed by atoms with van der Waals surface area (Å²) in [6, 6.07) is -0.0459. The molecule has 1 fully saturated rings. The van der Waals surface area contributed by atoms with Gasteiger partial charge in [-0.25, -0.2) is 0 Å². The molecule has 92 valence electrons. The van der Waals surface area contributed by atoms with E-state index < -0.39 is 0 Å². The van der Waals surface area contributed by atoms with Crippen molar-refractivity contribution in [3.8, 4) is 0 Å². The fraction of sp³-hybridized carbons (Fsp3) is 0.769. The first kappa shape index (κ1) is 13.2. The maximum Gasteiger partial charge on any atom is 0.323 e.